The number of hydrogen-bond donors (Lipinski definition) is 2. The Balaban J connectivity index is 1.88. The largest absolute Gasteiger partial charge is 0.387 e. The van der Waals surface area contributed by atoms with Gasteiger partial charge in [-0.15, -0.1) is 0 Å². The Morgan fingerprint density at radius 2 is 2.05 bits per heavy atom. The predicted octanol–water partition coefficient (Wildman–Crippen LogP) is 2.14. The first kappa shape index (κ1) is 16.0. The van der Waals surface area contributed by atoms with Gasteiger partial charge in [0.15, 0.2) is 0 Å². The van der Waals surface area contributed by atoms with Gasteiger partial charge in [-0.25, -0.2) is 0 Å². The molecule has 0 aliphatic carbocycles. The number of benzene rings is 1. The molecule has 21 heavy (non-hydrogen) atoms. The van der Waals surface area contributed by atoms with Crippen LogP contribution < -0.4 is 5.32 Å². The number of aliphatic hydroxyl groups excluding tert-OH is 1. The topological polar surface area (TPSA) is 52.6 Å². The molecule has 1 saturated heterocycles. The molecular weight excluding hydrogens is 264 g/mol. The molecule has 1 aromatic carbocycles. The monoisotopic (exact) mass is 290 g/mol. The lowest BCUT2D eigenvalue weighted by molar-refractivity contribution is -0.118. The lowest BCUT2D eigenvalue weighted by Crippen LogP contribution is -2.39. The van der Waals surface area contributed by atoms with Crippen LogP contribution in [0.2, 0.25) is 0 Å². The second kappa shape index (κ2) is 7.57. The highest BCUT2D eigenvalue weighted by Crippen LogP contribution is 2.21. The van der Waals surface area contributed by atoms with Gasteiger partial charge in [0.05, 0.1) is 0 Å². The van der Waals surface area contributed by atoms with E-state index in [0.29, 0.717) is 0 Å². The van der Waals surface area contributed by atoms with E-state index in [1.165, 1.54) is 25.1 Å². The van der Waals surface area contributed by atoms with E-state index in [2.05, 4.69) is 30.1 Å². The van der Waals surface area contributed by atoms with E-state index < -0.39 is 6.61 Å². The zero-order chi connectivity index (χ0) is 15.2. The fourth-order valence-electron chi connectivity index (χ4n) is 3.27. The summed E-state index contributed by atoms with van der Waals surface area (Å²) in [5.74, 6) is 1.19. The first-order valence-electron chi connectivity index (χ1n) is 7.79. The maximum atomic E-state index is 11.2. The standard InChI is InChI=1S/C17H26N2O2/c1-13-8-14(2)11-19(10-13)7-6-15-4-3-5-16(9-15)18-17(21)12-20/h3-5,9,13-14,20H,6-8,10-12H2,1-2H3,(H,18,21). The fourth-order valence-corrected chi connectivity index (χ4v) is 3.27. The molecule has 2 unspecified atom stereocenters. The summed E-state index contributed by atoms with van der Waals surface area (Å²) < 4.78 is 0. The minimum atomic E-state index is -0.478. The van der Waals surface area contributed by atoms with Crippen molar-refractivity contribution in [3.63, 3.8) is 0 Å². The number of carbonyl (C=O) groups is 1. The summed E-state index contributed by atoms with van der Waals surface area (Å²) in [6, 6.07) is 7.88. The molecule has 0 bridgehead atoms. The third-order valence-corrected chi connectivity index (χ3v) is 4.02. The Morgan fingerprint density at radius 3 is 2.71 bits per heavy atom. The summed E-state index contributed by atoms with van der Waals surface area (Å²) in [5, 5.41) is 11.5. The van der Waals surface area contributed by atoms with E-state index in [1.807, 2.05) is 18.2 Å². The second-order valence-electron chi connectivity index (χ2n) is 6.36. The SMILES string of the molecule is CC1CC(C)CN(CCc2cccc(NC(=O)CO)c2)C1. The van der Waals surface area contributed by atoms with Crippen LogP contribution in [0.25, 0.3) is 0 Å². The average molecular weight is 290 g/mol. The molecule has 4 heteroatoms. The van der Waals surface area contributed by atoms with Crippen LogP contribution in [-0.4, -0.2) is 42.2 Å². The van der Waals surface area contributed by atoms with Crippen molar-refractivity contribution in [1.29, 1.82) is 0 Å². The van der Waals surface area contributed by atoms with Crippen LogP contribution in [0, 0.1) is 11.8 Å². The summed E-state index contributed by atoms with van der Waals surface area (Å²) in [6.07, 6.45) is 2.32. The number of aliphatic hydroxyl groups is 1. The third-order valence-electron chi connectivity index (χ3n) is 4.02. The van der Waals surface area contributed by atoms with Crippen molar-refractivity contribution >= 4 is 11.6 Å². The maximum absolute atomic E-state index is 11.2. The van der Waals surface area contributed by atoms with Crippen LogP contribution in [0.5, 0.6) is 0 Å². The van der Waals surface area contributed by atoms with Gasteiger partial charge in [-0.05, 0) is 42.4 Å². The molecule has 0 saturated carbocycles. The molecule has 1 heterocycles. The fraction of sp³-hybridized carbons (Fsp3) is 0.588. The van der Waals surface area contributed by atoms with Gasteiger partial charge in [-0.2, -0.15) is 0 Å². The molecule has 0 aromatic heterocycles. The molecule has 2 rings (SSSR count). The van der Waals surface area contributed by atoms with E-state index in [1.54, 1.807) is 0 Å². The van der Waals surface area contributed by atoms with Crippen molar-refractivity contribution < 1.29 is 9.90 Å². The molecule has 1 aromatic rings. The van der Waals surface area contributed by atoms with Crippen molar-refractivity contribution in [2.75, 3.05) is 31.6 Å². The highest BCUT2D eigenvalue weighted by atomic mass is 16.3. The molecule has 1 aliphatic heterocycles. The summed E-state index contributed by atoms with van der Waals surface area (Å²) in [4.78, 5) is 13.7. The molecule has 1 fully saturated rings. The Bertz CT molecular complexity index is 466. The van der Waals surface area contributed by atoms with Gasteiger partial charge >= 0.3 is 0 Å². The summed E-state index contributed by atoms with van der Waals surface area (Å²) in [6.45, 7) is 7.61. The number of nitrogens with one attached hydrogen (secondary N) is 1. The number of carbonyl (C=O) groups excluding carboxylic acids is 1. The number of rotatable bonds is 5. The van der Waals surface area contributed by atoms with Crippen LogP contribution in [0.1, 0.15) is 25.8 Å². The van der Waals surface area contributed by atoms with Gasteiger partial charge < -0.3 is 15.3 Å². The first-order chi connectivity index (χ1) is 10.1. The number of nitrogens with zero attached hydrogens (tertiary/aromatic N) is 1. The van der Waals surface area contributed by atoms with Gasteiger partial charge in [0.2, 0.25) is 5.91 Å². The number of anilines is 1. The Kier molecular flexibility index (Phi) is 5.76. The molecule has 1 amide bonds. The number of amides is 1. The van der Waals surface area contributed by atoms with E-state index in [4.69, 9.17) is 5.11 Å². The zero-order valence-electron chi connectivity index (χ0n) is 13.0. The molecule has 1 aliphatic rings. The van der Waals surface area contributed by atoms with Crippen molar-refractivity contribution in [2.45, 2.75) is 26.7 Å². The third kappa shape index (κ3) is 5.14. The minimum Gasteiger partial charge on any atom is -0.387 e. The molecule has 2 N–H and O–H groups in total. The van der Waals surface area contributed by atoms with Crippen molar-refractivity contribution in [2.24, 2.45) is 11.8 Å². The van der Waals surface area contributed by atoms with Crippen LogP contribution >= 0.6 is 0 Å². The zero-order valence-corrected chi connectivity index (χ0v) is 13.0. The molecule has 4 nitrogen and oxygen atoms in total. The smallest absolute Gasteiger partial charge is 0.250 e. The van der Waals surface area contributed by atoms with Gasteiger partial charge in [0.25, 0.3) is 0 Å². The normalized spacial score (nSPS) is 23.0. The minimum absolute atomic E-state index is 0.370. The summed E-state index contributed by atoms with van der Waals surface area (Å²) >= 11 is 0. The molecule has 116 valence electrons. The highest BCUT2D eigenvalue weighted by Gasteiger charge is 2.21. The van der Waals surface area contributed by atoms with Gasteiger partial charge in [-0.3, -0.25) is 4.79 Å². The van der Waals surface area contributed by atoms with Crippen LogP contribution in [0.4, 0.5) is 5.69 Å². The molecule has 0 radical (unpaired) electrons. The van der Waals surface area contributed by atoms with Crippen molar-refractivity contribution in [3.8, 4) is 0 Å². The van der Waals surface area contributed by atoms with Crippen LogP contribution in [-0.2, 0) is 11.2 Å². The van der Waals surface area contributed by atoms with Crippen LogP contribution in [0.15, 0.2) is 24.3 Å². The van der Waals surface area contributed by atoms with Gasteiger partial charge in [0.1, 0.15) is 6.61 Å². The van der Waals surface area contributed by atoms with Gasteiger partial charge in [-0.1, -0.05) is 26.0 Å². The Labute approximate surface area is 127 Å². The number of hydrogen-bond acceptors (Lipinski definition) is 3. The Hall–Kier alpha value is -1.39. The molecular formula is C17H26N2O2. The van der Waals surface area contributed by atoms with Gasteiger partial charge in [0, 0.05) is 25.3 Å². The van der Waals surface area contributed by atoms with Crippen molar-refractivity contribution in [1.82, 2.24) is 4.90 Å². The Morgan fingerprint density at radius 1 is 1.33 bits per heavy atom. The number of likely N-dealkylation sites (tertiary alicyclic amines) is 1. The van der Waals surface area contributed by atoms with E-state index >= 15 is 0 Å². The molecule has 2 atom stereocenters. The molecule has 0 spiro atoms. The summed E-state index contributed by atoms with van der Waals surface area (Å²) in [7, 11) is 0. The maximum Gasteiger partial charge on any atom is 0.250 e. The summed E-state index contributed by atoms with van der Waals surface area (Å²) in [5.41, 5.74) is 1.98. The predicted molar refractivity (Wildman–Crippen MR) is 85.2 cm³/mol. The first-order valence-corrected chi connectivity index (χ1v) is 7.79. The lowest BCUT2D eigenvalue weighted by Gasteiger charge is -2.35. The highest BCUT2D eigenvalue weighted by molar-refractivity contribution is 5.91. The second-order valence-corrected chi connectivity index (χ2v) is 6.36. The van der Waals surface area contributed by atoms with E-state index in [9.17, 15) is 4.79 Å². The van der Waals surface area contributed by atoms with E-state index in [-0.39, 0.29) is 5.91 Å². The quantitative estimate of drug-likeness (QED) is 0.873. The van der Waals surface area contributed by atoms with E-state index in [0.717, 1.165) is 30.5 Å². The van der Waals surface area contributed by atoms with Crippen molar-refractivity contribution in [3.05, 3.63) is 29.8 Å². The van der Waals surface area contributed by atoms with Crippen LogP contribution in [0.3, 0.4) is 0 Å². The lowest BCUT2D eigenvalue weighted by atomic mass is 9.91. The average Bonchev–Trinajstić information content (AvgIpc) is 2.44. The number of piperidine rings is 1.